The maximum atomic E-state index is 5.22. The van der Waals surface area contributed by atoms with Gasteiger partial charge in [-0.3, -0.25) is 0 Å². The van der Waals surface area contributed by atoms with Crippen molar-refractivity contribution in [1.29, 1.82) is 0 Å². The number of aryl methyl sites for hydroxylation is 2. The molecule has 0 amide bonds. The zero-order valence-corrected chi connectivity index (χ0v) is 18.1. The molecule has 2 heteroatoms. The second-order valence-corrected chi connectivity index (χ2v) is 8.40. The van der Waals surface area contributed by atoms with E-state index >= 15 is 0 Å². The van der Waals surface area contributed by atoms with E-state index in [4.69, 9.17) is 9.97 Å². The third-order valence-electron chi connectivity index (χ3n) is 6.37. The minimum atomic E-state index is 0.925. The topological polar surface area (TPSA) is 25.8 Å². The van der Waals surface area contributed by atoms with E-state index in [1.807, 2.05) is 0 Å². The maximum Gasteiger partial charge on any atom is 0.0979 e. The van der Waals surface area contributed by atoms with Gasteiger partial charge in [-0.1, -0.05) is 84.9 Å². The number of fused-ring (bicyclic) bond motifs is 3. The lowest BCUT2D eigenvalue weighted by atomic mass is 9.95. The van der Waals surface area contributed by atoms with Crippen LogP contribution in [0.3, 0.4) is 0 Å². The fourth-order valence-corrected chi connectivity index (χ4v) is 4.55. The molecule has 0 N–H and O–H groups in total. The van der Waals surface area contributed by atoms with Crippen LogP contribution in [0.5, 0.6) is 0 Å². The summed E-state index contributed by atoms with van der Waals surface area (Å²) in [5.74, 6) is 0. The van der Waals surface area contributed by atoms with Crippen molar-refractivity contribution in [3.63, 3.8) is 0 Å². The Labute approximate surface area is 187 Å². The van der Waals surface area contributed by atoms with E-state index in [1.54, 1.807) is 0 Å². The van der Waals surface area contributed by atoms with Crippen molar-refractivity contribution in [2.24, 2.45) is 0 Å². The van der Waals surface area contributed by atoms with Gasteiger partial charge in [0.15, 0.2) is 0 Å². The summed E-state index contributed by atoms with van der Waals surface area (Å²) in [5.41, 5.74) is 8.39. The summed E-state index contributed by atoms with van der Waals surface area (Å²) in [7, 11) is 0. The van der Waals surface area contributed by atoms with Gasteiger partial charge >= 0.3 is 0 Å². The first-order valence-corrected chi connectivity index (χ1v) is 10.9. The molecule has 32 heavy (non-hydrogen) atoms. The zero-order chi connectivity index (χ0) is 21.7. The first kappa shape index (κ1) is 18.7. The Morgan fingerprint density at radius 2 is 0.875 bits per heavy atom. The highest BCUT2D eigenvalue weighted by molar-refractivity contribution is 6.04. The molecule has 6 rings (SSSR count). The van der Waals surface area contributed by atoms with Crippen LogP contribution in [0, 0.1) is 13.8 Å². The molecule has 5 aromatic carbocycles. The van der Waals surface area contributed by atoms with Gasteiger partial charge in [0, 0.05) is 11.1 Å². The number of nitrogens with zero attached hydrogens (tertiary/aromatic N) is 2. The Balaban J connectivity index is 1.76. The van der Waals surface area contributed by atoms with Crippen LogP contribution in [0.1, 0.15) is 11.1 Å². The molecule has 0 aliphatic heterocycles. The van der Waals surface area contributed by atoms with Crippen LogP contribution in [0.2, 0.25) is 0 Å². The Morgan fingerprint density at radius 1 is 0.469 bits per heavy atom. The molecule has 152 valence electrons. The van der Waals surface area contributed by atoms with Crippen molar-refractivity contribution < 1.29 is 0 Å². The minimum absolute atomic E-state index is 0.925. The number of hydrogen-bond donors (Lipinski definition) is 0. The SMILES string of the molecule is Cc1cc2nc(-c3cccc4ccccc34)c(-c3cccc4ccccc34)nc2cc1C. The van der Waals surface area contributed by atoms with Crippen molar-refractivity contribution in [2.45, 2.75) is 13.8 Å². The molecule has 2 nitrogen and oxygen atoms in total. The molecule has 1 heterocycles. The van der Waals surface area contributed by atoms with Gasteiger partial charge in [0.2, 0.25) is 0 Å². The van der Waals surface area contributed by atoms with E-state index in [2.05, 4.69) is 111 Å². The normalized spacial score (nSPS) is 11.4. The van der Waals surface area contributed by atoms with Crippen LogP contribution in [-0.4, -0.2) is 9.97 Å². The molecule has 0 bridgehead atoms. The smallest absolute Gasteiger partial charge is 0.0979 e. The molecular weight excluding hydrogens is 388 g/mol. The summed E-state index contributed by atoms with van der Waals surface area (Å²) in [6, 6.07) is 34.1. The van der Waals surface area contributed by atoms with Gasteiger partial charge < -0.3 is 0 Å². The Hall–Kier alpha value is -4.04. The molecule has 0 radical (unpaired) electrons. The summed E-state index contributed by atoms with van der Waals surface area (Å²) in [4.78, 5) is 10.4. The molecule has 0 saturated heterocycles. The third-order valence-corrected chi connectivity index (χ3v) is 6.37. The lowest BCUT2D eigenvalue weighted by Gasteiger charge is -2.15. The molecule has 0 fully saturated rings. The van der Waals surface area contributed by atoms with Gasteiger partial charge in [0.1, 0.15) is 0 Å². The number of benzene rings is 5. The predicted molar refractivity (Wildman–Crippen MR) is 135 cm³/mol. The predicted octanol–water partition coefficient (Wildman–Crippen LogP) is 7.89. The minimum Gasteiger partial charge on any atom is -0.244 e. The van der Waals surface area contributed by atoms with E-state index < -0.39 is 0 Å². The van der Waals surface area contributed by atoms with Gasteiger partial charge in [0.05, 0.1) is 22.4 Å². The van der Waals surface area contributed by atoms with Crippen LogP contribution in [-0.2, 0) is 0 Å². The van der Waals surface area contributed by atoms with Crippen molar-refractivity contribution in [2.75, 3.05) is 0 Å². The average Bonchev–Trinajstić information content (AvgIpc) is 2.83. The molecule has 0 spiro atoms. The summed E-state index contributed by atoms with van der Waals surface area (Å²) in [6.07, 6.45) is 0. The van der Waals surface area contributed by atoms with E-state index in [0.717, 1.165) is 33.5 Å². The first-order valence-electron chi connectivity index (χ1n) is 10.9. The average molecular weight is 411 g/mol. The van der Waals surface area contributed by atoms with Crippen LogP contribution in [0.25, 0.3) is 55.1 Å². The van der Waals surface area contributed by atoms with Crippen molar-refractivity contribution in [1.82, 2.24) is 9.97 Å². The molecule has 6 aromatic rings. The lowest BCUT2D eigenvalue weighted by molar-refractivity contribution is 1.27. The van der Waals surface area contributed by atoms with Gasteiger partial charge in [-0.05, 0) is 58.7 Å². The Bertz CT molecular complexity index is 1510. The fraction of sp³-hybridized carbons (Fsp3) is 0.0667. The van der Waals surface area contributed by atoms with Gasteiger partial charge in [-0.25, -0.2) is 9.97 Å². The summed E-state index contributed by atoms with van der Waals surface area (Å²) < 4.78 is 0. The molecule has 0 atom stereocenters. The quantitative estimate of drug-likeness (QED) is 0.290. The van der Waals surface area contributed by atoms with E-state index in [-0.39, 0.29) is 0 Å². The van der Waals surface area contributed by atoms with Gasteiger partial charge in [-0.15, -0.1) is 0 Å². The summed E-state index contributed by atoms with van der Waals surface area (Å²) in [5, 5.41) is 4.79. The number of hydrogen-bond acceptors (Lipinski definition) is 2. The van der Waals surface area contributed by atoms with E-state index in [0.29, 0.717) is 0 Å². The monoisotopic (exact) mass is 410 g/mol. The largest absolute Gasteiger partial charge is 0.244 e. The molecule has 0 aliphatic carbocycles. The Morgan fingerprint density at radius 3 is 1.34 bits per heavy atom. The second kappa shape index (κ2) is 7.28. The summed E-state index contributed by atoms with van der Waals surface area (Å²) in [6.45, 7) is 4.26. The molecule has 0 aliphatic rings. The molecule has 1 aromatic heterocycles. The van der Waals surface area contributed by atoms with Gasteiger partial charge in [0.25, 0.3) is 0 Å². The van der Waals surface area contributed by atoms with Crippen molar-refractivity contribution >= 4 is 32.6 Å². The fourth-order valence-electron chi connectivity index (χ4n) is 4.55. The third kappa shape index (κ3) is 2.96. The van der Waals surface area contributed by atoms with Gasteiger partial charge in [-0.2, -0.15) is 0 Å². The van der Waals surface area contributed by atoms with Crippen LogP contribution in [0.4, 0.5) is 0 Å². The number of aromatic nitrogens is 2. The Kier molecular flexibility index (Phi) is 4.26. The van der Waals surface area contributed by atoms with E-state index in [9.17, 15) is 0 Å². The highest BCUT2D eigenvalue weighted by atomic mass is 14.8. The lowest BCUT2D eigenvalue weighted by Crippen LogP contribution is -1.98. The molecule has 0 unspecified atom stereocenters. The summed E-state index contributed by atoms with van der Waals surface area (Å²) >= 11 is 0. The van der Waals surface area contributed by atoms with Crippen molar-refractivity contribution in [3.05, 3.63) is 108 Å². The van der Waals surface area contributed by atoms with Crippen LogP contribution in [0.15, 0.2) is 97.1 Å². The molecule has 0 saturated carbocycles. The zero-order valence-electron chi connectivity index (χ0n) is 18.1. The highest BCUT2D eigenvalue weighted by Gasteiger charge is 2.17. The van der Waals surface area contributed by atoms with Crippen LogP contribution >= 0.6 is 0 Å². The van der Waals surface area contributed by atoms with Crippen molar-refractivity contribution in [3.8, 4) is 22.5 Å². The molecular formula is C30H22N2. The highest BCUT2D eigenvalue weighted by Crippen LogP contribution is 2.38. The standard InChI is InChI=1S/C30H22N2/c1-19-17-27-28(18-20(19)2)32-30(26-16-8-12-22-10-4-6-14-24(22)26)29(31-27)25-15-7-11-21-9-3-5-13-23(21)25/h3-18H,1-2H3. The number of rotatable bonds is 2. The van der Waals surface area contributed by atoms with Crippen LogP contribution < -0.4 is 0 Å². The maximum absolute atomic E-state index is 5.22. The first-order chi connectivity index (χ1) is 15.7. The van der Waals surface area contributed by atoms with E-state index in [1.165, 1.54) is 32.7 Å². The second-order valence-electron chi connectivity index (χ2n) is 8.40.